The molecule has 82 valence electrons. The van der Waals surface area contributed by atoms with Crippen LogP contribution in [0.3, 0.4) is 0 Å². The van der Waals surface area contributed by atoms with Gasteiger partial charge in [-0.15, -0.1) is 0 Å². The highest BCUT2D eigenvalue weighted by Gasteiger charge is 2.03. The molecule has 0 spiro atoms. The first-order valence-electron chi connectivity index (χ1n) is 4.85. The maximum absolute atomic E-state index is 10.1. The number of benzene rings is 1. The lowest BCUT2D eigenvalue weighted by Crippen LogP contribution is -1.94. The van der Waals surface area contributed by atoms with Crippen LogP contribution in [0.25, 0.3) is 0 Å². The Labute approximate surface area is 93.7 Å². The van der Waals surface area contributed by atoms with Gasteiger partial charge in [-0.2, -0.15) is 0 Å². The monoisotopic (exact) mass is 216 g/mol. The van der Waals surface area contributed by atoms with Gasteiger partial charge in [-0.3, -0.25) is 0 Å². The summed E-state index contributed by atoms with van der Waals surface area (Å²) in [6.45, 7) is 4.56. The van der Waals surface area contributed by atoms with E-state index in [1.807, 2.05) is 26.0 Å². The van der Waals surface area contributed by atoms with Crippen LogP contribution in [0.4, 0.5) is 0 Å². The second-order valence-electron chi connectivity index (χ2n) is 3.51. The van der Waals surface area contributed by atoms with Crippen molar-refractivity contribution in [3.05, 3.63) is 34.4 Å². The number of nitrogens with zero attached hydrogens (tertiary/aromatic N) is 2. The molecule has 0 amide bonds. The van der Waals surface area contributed by atoms with Crippen LogP contribution in [0.15, 0.2) is 22.1 Å². The average Bonchev–Trinajstić information content (AvgIpc) is 2.28. The molecule has 0 fully saturated rings. The molecule has 0 atom stereocenters. The van der Waals surface area contributed by atoms with Crippen molar-refractivity contribution in [3.8, 4) is 0 Å². The minimum atomic E-state index is 0.308. The van der Waals surface area contributed by atoms with Crippen molar-refractivity contribution in [2.24, 2.45) is 9.98 Å². The van der Waals surface area contributed by atoms with Gasteiger partial charge in [-0.25, -0.2) is 19.6 Å². The molecule has 0 unspecified atom stereocenters. The van der Waals surface area contributed by atoms with E-state index >= 15 is 0 Å². The summed E-state index contributed by atoms with van der Waals surface area (Å²) in [4.78, 5) is 27.2. The van der Waals surface area contributed by atoms with E-state index in [1.54, 1.807) is 0 Å². The summed E-state index contributed by atoms with van der Waals surface area (Å²) in [5, 5.41) is 0. The molecule has 0 saturated carbocycles. The molecule has 0 saturated heterocycles. The molecule has 1 aromatic carbocycles. The fraction of sp³-hybridized carbons (Fsp3) is 0.333. The first-order valence-corrected chi connectivity index (χ1v) is 4.85. The second kappa shape index (κ2) is 5.76. The molecular formula is C12H12N2O2. The Morgan fingerprint density at radius 3 is 2.31 bits per heavy atom. The SMILES string of the molecule is Cc1cc(CN=C=O)cc(CN=C=O)c1C. The van der Waals surface area contributed by atoms with Crippen molar-refractivity contribution in [1.82, 2.24) is 0 Å². The third-order valence-electron chi connectivity index (χ3n) is 2.47. The zero-order chi connectivity index (χ0) is 12.0. The summed E-state index contributed by atoms with van der Waals surface area (Å²) in [6.07, 6.45) is 3.02. The Morgan fingerprint density at radius 2 is 1.69 bits per heavy atom. The maximum Gasteiger partial charge on any atom is 0.235 e. The Kier molecular flexibility index (Phi) is 4.34. The molecule has 4 nitrogen and oxygen atoms in total. The molecule has 0 heterocycles. The number of rotatable bonds is 4. The van der Waals surface area contributed by atoms with Crippen LogP contribution >= 0.6 is 0 Å². The van der Waals surface area contributed by atoms with Gasteiger partial charge in [0.25, 0.3) is 0 Å². The molecule has 0 aromatic heterocycles. The van der Waals surface area contributed by atoms with Crippen molar-refractivity contribution < 1.29 is 9.59 Å². The number of hydrogen-bond donors (Lipinski definition) is 0. The van der Waals surface area contributed by atoms with Crippen molar-refractivity contribution >= 4 is 12.2 Å². The number of hydrogen-bond acceptors (Lipinski definition) is 4. The molecule has 0 bridgehead atoms. The molecule has 0 aliphatic carbocycles. The van der Waals surface area contributed by atoms with Crippen LogP contribution in [-0.4, -0.2) is 12.2 Å². The van der Waals surface area contributed by atoms with Crippen LogP contribution in [0.1, 0.15) is 22.3 Å². The van der Waals surface area contributed by atoms with Crippen molar-refractivity contribution in [3.63, 3.8) is 0 Å². The van der Waals surface area contributed by atoms with E-state index in [1.165, 1.54) is 12.2 Å². The lowest BCUT2D eigenvalue weighted by Gasteiger charge is -2.08. The van der Waals surface area contributed by atoms with Gasteiger partial charge in [-0.1, -0.05) is 12.1 Å². The molecule has 0 aliphatic rings. The molecular weight excluding hydrogens is 204 g/mol. The number of carbonyl (C=O) groups excluding carboxylic acids is 2. The summed E-state index contributed by atoms with van der Waals surface area (Å²) in [5.74, 6) is 0. The van der Waals surface area contributed by atoms with E-state index in [0.717, 1.165) is 22.3 Å². The topological polar surface area (TPSA) is 58.9 Å². The minimum Gasteiger partial charge on any atom is -0.211 e. The Morgan fingerprint density at radius 1 is 1.06 bits per heavy atom. The smallest absolute Gasteiger partial charge is 0.211 e. The predicted octanol–water partition coefficient (Wildman–Crippen LogP) is 1.98. The highest BCUT2D eigenvalue weighted by Crippen LogP contribution is 2.17. The van der Waals surface area contributed by atoms with Gasteiger partial charge in [0, 0.05) is 0 Å². The summed E-state index contributed by atoms with van der Waals surface area (Å²) < 4.78 is 0. The standard InChI is InChI=1S/C12H12N2O2/c1-9-3-11(5-13-7-15)4-12(10(9)2)6-14-8-16/h3-4H,5-6H2,1-2H3. The average molecular weight is 216 g/mol. The summed E-state index contributed by atoms with van der Waals surface area (Å²) in [6, 6.07) is 3.86. The summed E-state index contributed by atoms with van der Waals surface area (Å²) in [7, 11) is 0. The van der Waals surface area contributed by atoms with Gasteiger partial charge in [0.2, 0.25) is 12.2 Å². The molecule has 0 aliphatic heterocycles. The quantitative estimate of drug-likeness (QED) is 0.570. The Hall–Kier alpha value is -2.02. The van der Waals surface area contributed by atoms with Gasteiger partial charge in [0.15, 0.2) is 0 Å². The lowest BCUT2D eigenvalue weighted by molar-refractivity contribution is 0.562. The fourth-order valence-corrected chi connectivity index (χ4v) is 1.51. The van der Waals surface area contributed by atoms with Crippen LogP contribution in [0.2, 0.25) is 0 Å². The minimum absolute atomic E-state index is 0.308. The van der Waals surface area contributed by atoms with Gasteiger partial charge in [0.05, 0.1) is 13.1 Å². The normalized spacial score (nSPS) is 9.12. The van der Waals surface area contributed by atoms with E-state index in [4.69, 9.17) is 0 Å². The van der Waals surface area contributed by atoms with Crippen LogP contribution in [-0.2, 0) is 22.7 Å². The summed E-state index contributed by atoms with van der Waals surface area (Å²) in [5.41, 5.74) is 4.06. The van der Waals surface area contributed by atoms with Gasteiger partial charge in [0.1, 0.15) is 0 Å². The summed E-state index contributed by atoms with van der Waals surface area (Å²) >= 11 is 0. The van der Waals surface area contributed by atoms with E-state index in [2.05, 4.69) is 9.98 Å². The first-order chi connectivity index (χ1) is 7.69. The van der Waals surface area contributed by atoms with Gasteiger partial charge < -0.3 is 0 Å². The zero-order valence-electron chi connectivity index (χ0n) is 9.28. The van der Waals surface area contributed by atoms with E-state index < -0.39 is 0 Å². The Balaban J connectivity index is 3.10. The van der Waals surface area contributed by atoms with Crippen molar-refractivity contribution in [2.45, 2.75) is 26.9 Å². The van der Waals surface area contributed by atoms with E-state index in [-0.39, 0.29) is 0 Å². The van der Waals surface area contributed by atoms with Crippen LogP contribution in [0.5, 0.6) is 0 Å². The predicted molar refractivity (Wildman–Crippen MR) is 59.6 cm³/mol. The van der Waals surface area contributed by atoms with Crippen molar-refractivity contribution in [2.75, 3.05) is 0 Å². The number of aliphatic imine (C=N–C) groups is 2. The highest BCUT2D eigenvalue weighted by atomic mass is 16.1. The Bertz CT molecular complexity index is 482. The van der Waals surface area contributed by atoms with Crippen LogP contribution < -0.4 is 0 Å². The number of isocyanates is 2. The van der Waals surface area contributed by atoms with E-state index in [9.17, 15) is 9.59 Å². The fourth-order valence-electron chi connectivity index (χ4n) is 1.51. The second-order valence-corrected chi connectivity index (χ2v) is 3.51. The zero-order valence-corrected chi connectivity index (χ0v) is 9.28. The van der Waals surface area contributed by atoms with Gasteiger partial charge in [-0.05, 0) is 36.1 Å². The lowest BCUT2D eigenvalue weighted by atomic mass is 9.99. The van der Waals surface area contributed by atoms with E-state index in [0.29, 0.717) is 13.1 Å². The highest BCUT2D eigenvalue weighted by molar-refractivity contribution is 5.41. The third kappa shape index (κ3) is 2.99. The van der Waals surface area contributed by atoms with Crippen LogP contribution in [0, 0.1) is 13.8 Å². The molecule has 0 radical (unpaired) electrons. The molecule has 0 N–H and O–H groups in total. The molecule has 1 aromatic rings. The molecule has 16 heavy (non-hydrogen) atoms. The largest absolute Gasteiger partial charge is 0.235 e. The van der Waals surface area contributed by atoms with Crippen molar-refractivity contribution in [1.29, 1.82) is 0 Å². The molecule has 1 rings (SSSR count). The maximum atomic E-state index is 10.1. The van der Waals surface area contributed by atoms with Gasteiger partial charge >= 0.3 is 0 Å². The first kappa shape index (κ1) is 12.1. The molecule has 4 heteroatoms. The number of aryl methyl sites for hydroxylation is 1. The third-order valence-corrected chi connectivity index (χ3v) is 2.47.